The molecule has 10 heteroatoms. The van der Waals surface area contributed by atoms with Gasteiger partial charge in [0, 0.05) is 23.3 Å². The third-order valence-corrected chi connectivity index (χ3v) is 5.65. The second-order valence-corrected chi connectivity index (χ2v) is 8.05. The van der Waals surface area contributed by atoms with Crippen molar-refractivity contribution in [3.63, 3.8) is 0 Å². The van der Waals surface area contributed by atoms with Gasteiger partial charge in [0.25, 0.3) is 5.91 Å². The fourth-order valence-electron chi connectivity index (χ4n) is 2.81. The fourth-order valence-corrected chi connectivity index (χ4v) is 3.72. The third-order valence-electron chi connectivity index (χ3n) is 4.40. The predicted molar refractivity (Wildman–Crippen MR) is 121 cm³/mol. The maximum absolute atomic E-state index is 12.5. The first-order valence-corrected chi connectivity index (χ1v) is 10.8. The summed E-state index contributed by atoms with van der Waals surface area (Å²) in [5, 5.41) is 15.1. The Kier molecular flexibility index (Phi) is 7.54. The van der Waals surface area contributed by atoms with Gasteiger partial charge < -0.3 is 19.9 Å². The van der Waals surface area contributed by atoms with Gasteiger partial charge in [0.1, 0.15) is 5.75 Å². The molecule has 3 aromatic rings. The number of nitrogens with zero attached hydrogens (tertiary/aromatic N) is 3. The van der Waals surface area contributed by atoms with Crippen molar-refractivity contribution in [1.29, 1.82) is 0 Å². The van der Waals surface area contributed by atoms with Crippen LogP contribution in [0.3, 0.4) is 0 Å². The summed E-state index contributed by atoms with van der Waals surface area (Å²) in [5.74, 6) is 1.01. The number of thioether (sulfide) groups is 1. The number of methoxy groups -OCH3 is 1. The van der Waals surface area contributed by atoms with Crippen molar-refractivity contribution < 1.29 is 14.3 Å². The van der Waals surface area contributed by atoms with Crippen molar-refractivity contribution in [1.82, 2.24) is 20.1 Å². The Balaban J connectivity index is 1.57. The Labute approximate surface area is 189 Å². The number of hydrogen-bond acceptors (Lipinski definition) is 6. The van der Waals surface area contributed by atoms with Crippen molar-refractivity contribution in [3.05, 3.63) is 64.9 Å². The largest absolute Gasteiger partial charge is 0.497 e. The highest BCUT2D eigenvalue weighted by Crippen LogP contribution is 2.21. The van der Waals surface area contributed by atoms with Crippen LogP contribution in [-0.4, -0.2) is 39.4 Å². The zero-order valence-electron chi connectivity index (χ0n) is 17.3. The zero-order valence-corrected chi connectivity index (χ0v) is 18.8. The summed E-state index contributed by atoms with van der Waals surface area (Å²) < 4.78 is 6.87. The van der Waals surface area contributed by atoms with Gasteiger partial charge in [-0.1, -0.05) is 29.4 Å². The lowest BCUT2D eigenvalue weighted by Crippen LogP contribution is -2.28. The van der Waals surface area contributed by atoms with Crippen LogP contribution in [0.25, 0.3) is 0 Å². The quantitative estimate of drug-likeness (QED) is 0.498. The van der Waals surface area contributed by atoms with Crippen molar-refractivity contribution in [2.24, 2.45) is 7.05 Å². The monoisotopic (exact) mass is 459 g/mol. The van der Waals surface area contributed by atoms with Crippen LogP contribution in [0.4, 0.5) is 5.69 Å². The standard InChI is InChI=1S/C21H22ClN5O3S/c1-13(23-20(29)14-7-9-17(30-3)10-8-14)19-25-26-21(27(19)2)31-12-18(28)24-16-6-4-5-15(22)11-16/h4-11,13H,12H2,1-3H3,(H,23,29)(H,24,28). The van der Waals surface area contributed by atoms with Crippen LogP contribution in [0, 0.1) is 0 Å². The second kappa shape index (κ2) is 10.3. The molecule has 0 aliphatic heterocycles. The number of benzene rings is 2. The molecule has 0 saturated carbocycles. The molecule has 2 N–H and O–H groups in total. The van der Waals surface area contributed by atoms with E-state index in [1.807, 2.05) is 6.92 Å². The van der Waals surface area contributed by atoms with Crippen LogP contribution in [0.2, 0.25) is 5.02 Å². The van der Waals surface area contributed by atoms with E-state index in [-0.39, 0.29) is 23.6 Å². The highest BCUT2D eigenvalue weighted by Gasteiger charge is 2.19. The van der Waals surface area contributed by atoms with Crippen molar-refractivity contribution >= 4 is 40.9 Å². The number of carbonyl (C=O) groups is 2. The first kappa shape index (κ1) is 22.6. The number of anilines is 1. The van der Waals surface area contributed by atoms with Gasteiger partial charge in [-0.15, -0.1) is 10.2 Å². The molecule has 0 saturated heterocycles. The van der Waals surface area contributed by atoms with Gasteiger partial charge in [0.2, 0.25) is 5.91 Å². The van der Waals surface area contributed by atoms with Crippen LogP contribution in [-0.2, 0) is 11.8 Å². The van der Waals surface area contributed by atoms with Gasteiger partial charge in [-0.3, -0.25) is 9.59 Å². The molecule has 0 aliphatic rings. The molecule has 3 rings (SSSR count). The van der Waals surface area contributed by atoms with E-state index in [0.717, 1.165) is 0 Å². The van der Waals surface area contributed by atoms with Crippen LogP contribution >= 0.6 is 23.4 Å². The molecule has 1 heterocycles. The predicted octanol–water partition coefficient (Wildman–Crippen LogP) is 3.70. The molecule has 0 aliphatic carbocycles. The van der Waals surface area contributed by atoms with Crippen molar-refractivity contribution in [3.8, 4) is 5.75 Å². The molecular weight excluding hydrogens is 438 g/mol. The Morgan fingerprint density at radius 3 is 2.61 bits per heavy atom. The molecule has 2 aromatic carbocycles. The van der Waals surface area contributed by atoms with Gasteiger partial charge in [-0.25, -0.2) is 0 Å². The molecule has 1 unspecified atom stereocenters. The van der Waals surface area contributed by atoms with E-state index in [4.69, 9.17) is 16.3 Å². The summed E-state index contributed by atoms with van der Waals surface area (Å²) in [5.41, 5.74) is 1.15. The van der Waals surface area contributed by atoms with Gasteiger partial charge in [0.05, 0.1) is 18.9 Å². The number of carbonyl (C=O) groups excluding carboxylic acids is 2. The molecule has 31 heavy (non-hydrogen) atoms. The lowest BCUT2D eigenvalue weighted by Gasteiger charge is -2.14. The average molecular weight is 460 g/mol. The van der Waals surface area contributed by atoms with E-state index in [1.54, 1.807) is 67.3 Å². The Bertz CT molecular complexity index is 1070. The molecule has 0 spiro atoms. The first-order valence-electron chi connectivity index (χ1n) is 9.40. The van der Waals surface area contributed by atoms with Crippen LogP contribution in [0.5, 0.6) is 5.75 Å². The smallest absolute Gasteiger partial charge is 0.251 e. The molecule has 0 radical (unpaired) electrons. The second-order valence-electron chi connectivity index (χ2n) is 6.67. The zero-order chi connectivity index (χ0) is 22.4. The fraction of sp³-hybridized carbons (Fsp3) is 0.238. The summed E-state index contributed by atoms with van der Waals surface area (Å²) in [6.45, 7) is 1.83. The van der Waals surface area contributed by atoms with Crippen molar-refractivity contribution in [2.75, 3.05) is 18.2 Å². The Morgan fingerprint density at radius 2 is 1.94 bits per heavy atom. The number of ether oxygens (including phenoxy) is 1. The van der Waals surface area contributed by atoms with E-state index in [2.05, 4.69) is 20.8 Å². The van der Waals surface area contributed by atoms with E-state index in [9.17, 15) is 9.59 Å². The molecule has 0 bridgehead atoms. The summed E-state index contributed by atoms with van der Waals surface area (Å²) in [6, 6.07) is 13.4. The lowest BCUT2D eigenvalue weighted by molar-refractivity contribution is -0.113. The topological polar surface area (TPSA) is 98.1 Å². The van der Waals surface area contributed by atoms with E-state index in [0.29, 0.717) is 33.0 Å². The van der Waals surface area contributed by atoms with E-state index in [1.165, 1.54) is 11.8 Å². The third kappa shape index (κ3) is 5.99. The molecule has 1 atom stereocenters. The van der Waals surface area contributed by atoms with Gasteiger partial charge in [-0.2, -0.15) is 0 Å². The Hall–Kier alpha value is -3.04. The molecule has 0 fully saturated rings. The van der Waals surface area contributed by atoms with Crippen LogP contribution < -0.4 is 15.4 Å². The summed E-state index contributed by atoms with van der Waals surface area (Å²) in [4.78, 5) is 24.7. The van der Waals surface area contributed by atoms with Gasteiger partial charge in [0.15, 0.2) is 11.0 Å². The minimum atomic E-state index is -0.373. The maximum Gasteiger partial charge on any atom is 0.251 e. The van der Waals surface area contributed by atoms with Crippen LogP contribution in [0.1, 0.15) is 29.1 Å². The van der Waals surface area contributed by atoms with Crippen LogP contribution in [0.15, 0.2) is 53.7 Å². The first-order chi connectivity index (χ1) is 14.9. The SMILES string of the molecule is COc1ccc(C(=O)NC(C)c2nnc(SCC(=O)Nc3cccc(Cl)c3)n2C)cc1. The number of aromatic nitrogens is 3. The summed E-state index contributed by atoms with van der Waals surface area (Å²) in [7, 11) is 3.37. The van der Waals surface area contributed by atoms with E-state index < -0.39 is 0 Å². The maximum atomic E-state index is 12.5. The van der Waals surface area contributed by atoms with Gasteiger partial charge >= 0.3 is 0 Å². The number of amides is 2. The summed E-state index contributed by atoms with van der Waals surface area (Å²) >= 11 is 7.18. The molecule has 2 amide bonds. The summed E-state index contributed by atoms with van der Waals surface area (Å²) in [6.07, 6.45) is 0. The molecule has 1 aromatic heterocycles. The lowest BCUT2D eigenvalue weighted by atomic mass is 10.2. The normalized spacial score (nSPS) is 11.6. The average Bonchev–Trinajstić information content (AvgIpc) is 3.12. The number of halogens is 1. The number of hydrogen-bond donors (Lipinski definition) is 2. The minimum absolute atomic E-state index is 0.158. The minimum Gasteiger partial charge on any atom is -0.497 e. The van der Waals surface area contributed by atoms with Gasteiger partial charge in [-0.05, 0) is 49.4 Å². The van der Waals surface area contributed by atoms with E-state index >= 15 is 0 Å². The number of nitrogens with one attached hydrogen (secondary N) is 2. The highest BCUT2D eigenvalue weighted by molar-refractivity contribution is 7.99. The highest BCUT2D eigenvalue weighted by atomic mass is 35.5. The molecular formula is C21H22ClN5O3S. The molecule has 162 valence electrons. The molecule has 8 nitrogen and oxygen atoms in total. The van der Waals surface area contributed by atoms with Crippen molar-refractivity contribution in [2.45, 2.75) is 18.1 Å². The Morgan fingerprint density at radius 1 is 1.19 bits per heavy atom. The number of rotatable bonds is 8.